The van der Waals surface area contributed by atoms with E-state index in [4.69, 9.17) is 13.9 Å². The van der Waals surface area contributed by atoms with Crippen LogP contribution in [0.5, 0.6) is 11.5 Å². The Balaban J connectivity index is 1.83. The van der Waals surface area contributed by atoms with Crippen molar-refractivity contribution in [1.29, 1.82) is 0 Å². The highest BCUT2D eigenvalue weighted by molar-refractivity contribution is 5.88. The summed E-state index contributed by atoms with van der Waals surface area (Å²) in [5.74, 6) is -0.743. The van der Waals surface area contributed by atoms with Gasteiger partial charge in [0.2, 0.25) is 11.7 Å². The number of carbonyl (C=O) groups is 2. The van der Waals surface area contributed by atoms with E-state index in [0.717, 1.165) is 5.56 Å². The average Bonchev–Trinajstić information content (AvgIpc) is 2.72. The molecule has 8 heteroatoms. The number of carboxylic acids is 1. The van der Waals surface area contributed by atoms with Crippen LogP contribution in [0.15, 0.2) is 21.3 Å². The number of carbonyl (C=O) groups excluding carboxylic acids is 1. The van der Waals surface area contributed by atoms with Gasteiger partial charge < -0.3 is 23.9 Å². The van der Waals surface area contributed by atoms with Crippen LogP contribution >= 0.6 is 0 Å². The molecule has 2 aromatic rings. The predicted octanol–water partition coefficient (Wildman–Crippen LogP) is 2.37. The van der Waals surface area contributed by atoms with Gasteiger partial charge in [-0.2, -0.15) is 0 Å². The number of ether oxygens (including phenoxy) is 2. The first-order chi connectivity index (χ1) is 13.9. The number of rotatable bonds is 6. The van der Waals surface area contributed by atoms with Crippen molar-refractivity contribution in [2.45, 2.75) is 32.6 Å². The fourth-order valence-electron chi connectivity index (χ4n) is 3.85. The number of methoxy groups -OCH3 is 2. The van der Waals surface area contributed by atoms with Crippen molar-refractivity contribution in [3.63, 3.8) is 0 Å². The molecule has 1 aromatic carbocycles. The second-order valence-corrected chi connectivity index (χ2v) is 7.19. The highest BCUT2D eigenvalue weighted by atomic mass is 16.5. The molecule has 0 radical (unpaired) electrons. The monoisotopic (exact) mass is 403 g/mol. The molecular formula is C21H25NO7. The maximum absolute atomic E-state index is 12.6. The Morgan fingerprint density at radius 2 is 2.03 bits per heavy atom. The first kappa shape index (κ1) is 20.7. The normalized spacial score (nSPS) is 16.7. The Kier molecular flexibility index (Phi) is 6.10. The standard InChI is InChI=1S/C21H25NO7/c1-12-14-6-8-16(27-2)19(28-3)18(14)29-21(26)15(12)7-9-17(23)22-10-4-5-13(11-22)20(24)25/h6,8,13H,4-5,7,9-11H2,1-3H3,(H,24,25)/t13-/m1/s1. The van der Waals surface area contributed by atoms with E-state index in [1.54, 1.807) is 17.0 Å². The second-order valence-electron chi connectivity index (χ2n) is 7.19. The number of hydrogen-bond acceptors (Lipinski definition) is 6. The lowest BCUT2D eigenvalue weighted by molar-refractivity contribution is -0.145. The van der Waals surface area contributed by atoms with E-state index in [9.17, 15) is 19.5 Å². The molecule has 8 nitrogen and oxygen atoms in total. The van der Waals surface area contributed by atoms with E-state index in [2.05, 4.69) is 0 Å². The van der Waals surface area contributed by atoms with Gasteiger partial charge in [0, 0.05) is 30.5 Å². The van der Waals surface area contributed by atoms with Gasteiger partial charge in [-0.1, -0.05) is 0 Å². The fraction of sp³-hybridized carbons (Fsp3) is 0.476. The zero-order valence-corrected chi connectivity index (χ0v) is 16.8. The number of hydrogen-bond donors (Lipinski definition) is 1. The molecule has 1 atom stereocenters. The first-order valence-corrected chi connectivity index (χ1v) is 9.55. The minimum Gasteiger partial charge on any atom is -0.493 e. The molecule has 29 heavy (non-hydrogen) atoms. The molecule has 0 saturated carbocycles. The topological polar surface area (TPSA) is 106 Å². The summed E-state index contributed by atoms with van der Waals surface area (Å²) >= 11 is 0. The average molecular weight is 403 g/mol. The van der Waals surface area contributed by atoms with Crippen molar-refractivity contribution in [2.75, 3.05) is 27.3 Å². The van der Waals surface area contributed by atoms with Gasteiger partial charge >= 0.3 is 11.6 Å². The molecule has 0 spiro atoms. The van der Waals surface area contributed by atoms with Gasteiger partial charge in [-0.15, -0.1) is 0 Å². The lowest BCUT2D eigenvalue weighted by Gasteiger charge is -2.30. The molecule has 1 amide bonds. The van der Waals surface area contributed by atoms with Crippen LogP contribution in [0.4, 0.5) is 0 Å². The third-order valence-electron chi connectivity index (χ3n) is 5.51. The Labute approximate surface area is 168 Å². The van der Waals surface area contributed by atoms with E-state index >= 15 is 0 Å². The van der Waals surface area contributed by atoms with E-state index < -0.39 is 17.5 Å². The zero-order valence-electron chi connectivity index (χ0n) is 16.8. The summed E-state index contributed by atoms with van der Waals surface area (Å²) in [4.78, 5) is 37.9. The van der Waals surface area contributed by atoms with Crippen molar-refractivity contribution in [1.82, 2.24) is 4.90 Å². The van der Waals surface area contributed by atoms with Crippen LogP contribution in [0.25, 0.3) is 11.0 Å². The lowest BCUT2D eigenvalue weighted by atomic mass is 9.97. The minimum atomic E-state index is -0.877. The molecule has 156 valence electrons. The molecule has 1 aliphatic heterocycles. The van der Waals surface area contributed by atoms with Crippen molar-refractivity contribution in [3.05, 3.63) is 33.7 Å². The molecule has 0 aliphatic carbocycles. The molecule has 1 saturated heterocycles. The van der Waals surface area contributed by atoms with Gasteiger partial charge in [-0.05, 0) is 43.9 Å². The molecule has 1 aromatic heterocycles. The van der Waals surface area contributed by atoms with E-state index in [0.29, 0.717) is 47.4 Å². The quantitative estimate of drug-likeness (QED) is 0.738. The van der Waals surface area contributed by atoms with Crippen LogP contribution in [-0.2, 0) is 16.0 Å². The zero-order chi connectivity index (χ0) is 21.1. The van der Waals surface area contributed by atoms with Crippen molar-refractivity contribution in [3.8, 4) is 11.5 Å². The molecule has 0 unspecified atom stereocenters. The smallest absolute Gasteiger partial charge is 0.339 e. The lowest BCUT2D eigenvalue weighted by Crippen LogP contribution is -2.42. The minimum absolute atomic E-state index is 0.122. The van der Waals surface area contributed by atoms with Crippen LogP contribution in [0.1, 0.15) is 30.4 Å². The third-order valence-corrected chi connectivity index (χ3v) is 5.51. The van der Waals surface area contributed by atoms with Gasteiger partial charge in [-0.25, -0.2) is 4.79 Å². The number of aliphatic carboxylic acids is 1. The molecule has 1 aliphatic rings. The number of nitrogens with zero attached hydrogens (tertiary/aromatic N) is 1. The maximum Gasteiger partial charge on any atom is 0.339 e. The summed E-state index contributed by atoms with van der Waals surface area (Å²) in [6, 6.07) is 3.53. The van der Waals surface area contributed by atoms with Gasteiger partial charge in [0.1, 0.15) is 0 Å². The molecule has 3 rings (SSSR count). The Bertz CT molecular complexity index is 995. The molecule has 0 bridgehead atoms. The molecular weight excluding hydrogens is 378 g/mol. The van der Waals surface area contributed by atoms with E-state index in [1.807, 2.05) is 6.92 Å². The fourth-order valence-corrected chi connectivity index (χ4v) is 3.85. The van der Waals surface area contributed by atoms with Crippen molar-refractivity contribution < 1.29 is 28.6 Å². The summed E-state index contributed by atoms with van der Waals surface area (Å²) in [5.41, 5.74) is 0.957. The van der Waals surface area contributed by atoms with Crippen molar-refractivity contribution >= 4 is 22.8 Å². The Morgan fingerprint density at radius 3 is 2.69 bits per heavy atom. The SMILES string of the molecule is COc1ccc2c(C)c(CCC(=O)N3CCC[C@@H](C(=O)O)C3)c(=O)oc2c1OC. The summed E-state index contributed by atoms with van der Waals surface area (Å²) < 4.78 is 16.1. The maximum atomic E-state index is 12.6. The van der Waals surface area contributed by atoms with E-state index in [1.165, 1.54) is 14.2 Å². The van der Waals surface area contributed by atoms with Gasteiger partial charge in [0.15, 0.2) is 11.3 Å². The van der Waals surface area contributed by atoms with E-state index in [-0.39, 0.29) is 25.3 Å². The predicted molar refractivity (Wildman–Crippen MR) is 106 cm³/mol. The van der Waals surface area contributed by atoms with Crippen LogP contribution in [0.2, 0.25) is 0 Å². The van der Waals surface area contributed by atoms with Crippen LogP contribution < -0.4 is 15.1 Å². The first-order valence-electron chi connectivity index (χ1n) is 9.55. The number of aryl methyl sites for hydroxylation is 1. The Hall–Kier alpha value is -3.03. The number of amides is 1. The summed E-state index contributed by atoms with van der Waals surface area (Å²) in [6.07, 6.45) is 1.60. The number of carboxylic acid groups (broad SMARTS) is 1. The second kappa shape index (κ2) is 8.55. The van der Waals surface area contributed by atoms with Crippen LogP contribution in [0.3, 0.4) is 0 Å². The Morgan fingerprint density at radius 1 is 1.28 bits per heavy atom. The highest BCUT2D eigenvalue weighted by Gasteiger charge is 2.28. The number of benzene rings is 1. The number of piperidine rings is 1. The largest absolute Gasteiger partial charge is 0.493 e. The van der Waals surface area contributed by atoms with Crippen LogP contribution in [0, 0.1) is 12.8 Å². The number of likely N-dealkylation sites (tertiary alicyclic amines) is 1. The van der Waals surface area contributed by atoms with Gasteiger partial charge in [0.05, 0.1) is 20.1 Å². The highest BCUT2D eigenvalue weighted by Crippen LogP contribution is 2.36. The summed E-state index contributed by atoms with van der Waals surface area (Å²) in [5, 5.41) is 9.90. The van der Waals surface area contributed by atoms with Crippen LogP contribution in [-0.4, -0.2) is 49.2 Å². The van der Waals surface area contributed by atoms with Gasteiger partial charge in [0.25, 0.3) is 0 Å². The summed E-state index contributed by atoms with van der Waals surface area (Å²) in [6.45, 7) is 2.58. The molecule has 2 heterocycles. The third kappa shape index (κ3) is 4.06. The number of fused-ring (bicyclic) bond motifs is 1. The van der Waals surface area contributed by atoms with Crippen molar-refractivity contribution in [2.24, 2.45) is 5.92 Å². The molecule has 1 fully saturated rings. The summed E-state index contributed by atoms with van der Waals surface area (Å²) in [7, 11) is 2.98. The van der Waals surface area contributed by atoms with Gasteiger partial charge in [-0.3, -0.25) is 9.59 Å². The molecule has 1 N–H and O–H groups in total.